The number of nitrogens with one attached hydrogen (secondary N) is 1. The van der Waals surface area contributed by atoms with Crippen LogP contribution in [0.3, 0.4) is 0 Å². The first-order valence-electron chi connectivity index (χ1n) is 9.70. The molecule has 0 spiro atoms. The third-order valence-corrected chi connectivity index (χ3v) is 5.05. The average molecular weight is 403 g/mol. The molecule has 3 heterocycles. The van der Waals surface area contributed by atoms with E-state index in [-0.39, 0.29) is 5.75 Å². The van der Waals surface area contributed by atoms with Gasteiger partial charge in [0.1, 0.15) is 30.4 Å². The van der Waals surface area contributed by atoms with Crippen LogP contribution in [0.2, 0.25) is 0 Å². The Bertz CT molecular complexity index is 1220. The monoisotopic (exact) mass is 403 g/mol. The van der Waals surface area contributed by atoms with Crippen LogP contribution in [-0.4, -0.2) is 34.8 Å². The molecule has 0 fully saturated rings. The van der Waals surface area contributed by atoms with Crippen LogP contribution in [0.25, 0.3) is 16.9 Å². The van der Waals surface area contributed by atoms with Crippen molar-refractivity contribution < 1.29 is 19.3 Å². The zero-order valence-corrected chi connectivity index (χ0v) is 16.5. The van der Waals surface area contributed by atoms with E-state index in [0.717, 1.165) is 39.8 Å². The molecule has 2 aromatic heterocycles. The first kappa shape index (κ1) is 18.2. The van der Waals surface area contributed by atoms with Crippen LogP contribution in [0.1, 0.15) is 5.56 Å². The Morgan fingerprint density at radius 3 is 2.80 bits per heavy atom. The van der Waals surface area contributed by atoms with Gasteiger partial charge in [-0.1, -0.05) is 12.1 Å². The standard InChI is InChI=1S/C23H21N3O4/c1-28-19-13-16(6-7-17(19)27)22-23(26-9-3-2-4-21(26)25-22)24-14-15-5-8-18-20(12-15)30-11-10-29-18/h2-9,12-13,24,27H,10-11,14H2,1H3. The fraction of sp³-hybridized carbons (Fsp3) is 0.174. The number of methoxy groups -OCH3 is 1. The summed E-state index contributed by atoms with van der Waals surface area (Å²) < 4.78 is 18.6. The lowest BCUT2D eigenvalue weighted by molar-refractivity contribution is 0.171. The summed E-state index contributed by atoms with van der Waals surface area (Å²) in [6, 6.07) is 17.0. The number of rotatable bonds is 5. The maximum absolute atomic E-state index is 9.95. The average Bonchev–Trinajstić information content (AvgIpc) is 3.16. The smallest absolute Gasteiger partial charge is 0.161 e. The lowest BCUT2D eigenvalue weighted by Crippen LogP contribution is -2.15. The first-order valence-corrected chi connectivity index (χ1v) is 9.70. The minimum absolute atomic E-state index is 0.0933. The van der Waals surface area contributed by atoms with Crippen molar-refractivity contribution in [3.05, 3.63) is 66.4 Å². The Morgan fingerprint density at radius 2 is 1.93 bits per heavy atom. The van der Waals surface area contributed by atoms with Crippen LogP contribution in [-0.2, 0) is 6.54 Å². The Hall–Kier alpha value is -3.87. The molecular weight excluding hydrogens is 382 g/mol. The van der Waals surface area contributed by atoms with Crippen molar-refractivity contribution >= 4 is 11.5 Å². The van der Waals surface area contributed by atoms with Gasteiger partial charge in [0.05, 0.1) is 7.11 Å². The Kier molecular flexibility index (Phi) is 4.55. The lowest BCUT2D eigenvalue weighted by Gasteiger charge is -2.19. The van der Waals surface area contributed by atoms with Gasteiger partial charge in [0.25, 0.3) is 0 Å². The predicted octanol–water partition coefficient (Wildman–Crippen LogP) is 4.10. The number of benzene rings is 2. The molecule has 5 rings (SSSR count). The van der Waals surface area contributed by atoms with Gasteiger partial charge in [-0.15, -0.1) is 0 Å². The molecular formula is C23H21N3O4. The number of hydrogen-bond donors (Lipinski definition) is 2. The molecule has 2 aromatic carbocycles. The van der Waals surface area contributed by atoms with E-state index in [0.29, 0.717) is 25.5 Å². The van der Waals surface area contributed by atoms with E-state index in [9.17, 15) is 5.11 Å². The molecule has 0 aliphatic carbocycles. The molecule has 0 bridgehead atoms. The molecule has 0 atom stereocenters. The number of anilines is 1. The van der Waals surface area contributed by atoms with Gasteiger partial charge in [0.15, 0.2) is 23.0 Å². The van der Waals surface area contributed by atoms with Gasteiger partial charge in [-0.2, -0.15) is 0 Å². The van der Waals surface area contributed by atoms with Crippen molar-refractivity contribution in [2.24, 2.45) is 0 Å². The maximum atomic E-state index is 9.95. The molecule has 1 aliphatic heterocycles. The van der Waals surface area contributed by atoms with E-state index < -0.39 is 0 Å². The van der Waals surface area contributed by atoms with Crippen LogP contribution >= 0.6 is 0 Å². The normalized spacial score (nSPS) is 12.7. The molecule has 30 heavy (non-hydrogen) atoms. The number of imidazole rings is 1. The first-order chi connectivity index (χ1) is 14.7. The highest BCUT2D eigenvalue weighted by Gasteiger charge is 2.17. The molecule has 7 heteroatoms. The third kappa shape index (κ3) is 3.24. The van der Waals surface area contributed by atoms with Crippen molar-refractivity contribution in [3.8, 4) is 34.3 Å². The van der Waals surface area contributed by atoms with Crippen LogP contribution in [0.4, 0.5) is 5.82 Å². The predicted molar refractivity (Wildman–Crippen MR) is 114 cm³/mol. The summed E-state index contributed by atoms with van der Waals surface area (Å²) in [6.45, 7) is 1.72. The summed E-state index contributed by atoms with van der Waals surface area (Å²) >= 11 is 0. The van der Waals surface area contributed by atoms with Crippen LogP contribution in [0.5, 0.6) is 23.0 Å². The highest BCUT2D eigenvalue weighted by molar-refractivity contribution is 5.78. The van der Waals surface area contributed by atoms with E-state index in [1.165, 1.54) is 7.11 Å². The quantitative estimate of drug-likeness (QED) is 0.523. The summed E-state index contributed by atoms with van der Waals surface area (Å²) in [5, 5.41) is 13.5. The summed E-state index contributed by atoms with van der Waals surface area (Å²) in [7, 11) is 1.53. The molecule has 152 valence electrons. The number of fused-ring (bicyclic) bond motifs is 2. The van der Waals surface area contributed by atoms with E-state index in [1.807, 2.05) is 53.1 Å². The van der Waals surface area contributed by atoms with Gasteiger partial charge in [0.2, 0.25) is 0 Å². The minimum Gasteiger partial charge on any atom is -0.504 e. The van der Waals surface area contributed by atoms with E-state index in [1.54, 1.807) is 12.1 Å². The molecule has 4 aromatic rings. The molecule has 2 N–H and O–H groups in total. The second kappa shape index (κ2) is 7.51. The van der Waals surface area contributed by atoms with Gasteiger partial charge < -0.3 is 24.6 Å². The zero-order chi connectivity index (χ0) is 20.5. The zero-order valence-electron chi connectivity index (χ0n) is 16.5. The van der Waals surface area contributed by atoms with Gasteiger partial charge in [-0.3, -0.25) is 4.40 Å². The highest BCUT2D eigenvalue weighted by atomic mass is 16.6. The molecule has 0 radical (unpaired) electrons. The van der Waals surface area contributed by atoms with E-state index in [2.05, 4.69) is 5.32 Å². The van der Waals surface area contributed by atoms with Crippen LogP contribution in [0.15, 0.2) is 60.8 Å². The second-order valence-corrected chi connectivity index (χ2v) is 6.96. The van der Waals surface area contributed by atoms with Crippen LogP contribution in [0, 0.1) is 0 Å². The molecule has 7 nitrogen and oxygen atoms in total. The number of aromatic hydroxyl groups is 1. The van der Waals surface area contributed by atoms with Gasteiger partial charge in [0, 0.05) is 18.3 Å². The summed E-state index contributed by atoms with van der Waals surface area (Å²) in [6.07, 6.45) is 1.97. The highest BCUT2D eigenvalue weighted by Crippen LogP contribution is 2.36. The fourth-order valence-corrected chi connectivity index (χ4v) is 3.57. The molecule has 0 unspecified atom stereocenters. The molecule has 0 saturated heterocycles. The Morgan fingerprint density at radius 1 is 1.07 bits per heavy atom. The number of phenolic OH excluding ortho intramolecular Hbond substituents is 1. The summed E-state index contributed by atoms with van der Waals surface area (Å²) in [4.78, 5) is 4.79. The van der Waals surface area contributed by atoms with Gasteiger partial charge >= 0.3 is 0 Å². The van der Waals surface area contributed by atoms with E-state index in [4.69, 9.17) is 19.2 Å². The Labute approximate surface area is 173 Å². The number of phenols is 1. The van der Waals surface area contributed by atoms with E-state index >= 15 is 0 Å². The molecule has 1 aliphatic rings. The topological polar surface area (TPSA) is 77.3 Å². The van der Waals surface area contributed by atoms with Crippen molar-refractivity contribution in [3.63, 3.8) is 0 Å². The largest absolute Gasteiger partial charge is 0.504 e. The lowest BCUT2D eigenvalue weighted by atomic mass is 10.1. The van der Waals surface area contributed by atoms with Crippen molar-refractivity contribution in [2.45, 2.75) is 6.54 Å². The van der Waals surface area contributed by atoms with Gasteiger partial charge in [-0.05, 0) is 48.0 Å². The summed E-state index contributed by atoms with van der Waals surface area (Å²) in [5.41, 5.74) is 3.51. The fourth-order valence-electron chi connectivity index (χ4n) is 3.57. The minimum atomic E-state index is 0.0933. The van der Waals surface area contributed by atoms with Crippen molar-refractivity contribution in [1.82, 2.24) is 9.38 Å². The van der Waals surface area contributed by atoms with Gasteiger partial charge in [-0.25, -0.2) is 4.98 Å². The number of ether oxygens (including phenoxy) is 3. The van der Waals surface area contributed by atoms with Crippen molar-refractivity contribution in [1.29, 1.82) is 0 Å². The second-order valence-electron chi connectivity index (χ2n) is 6.96. The van der Waals surface area contributed by atoms with Crippen LogP contribution < -0.4 is 19.5 Å². The SMILES string of the molecule is COc1cc(-c2nc3ccccn3c2NCc2ccc3c(c2)OCCO3)ccc1O. The Balaban J connectivity index is 1.51. The molecule has 0 amide bonds. The number of aromatic nitrogens is 2. The third-order valence-electron chi connectivity index (χ3n) is 5.05. The van der Waals surface area contributed by atoms with Crippen molar-refractivity contribution in [2.75, 3.05) is 25.6 Å². The number of hydrogen-bond acceptors (Lipinski definition) is 6. The maximum Gasteiger partial charge on any atom is 0.161 e. The summed E-state index contributed by atoms with van der Waals surface area (Å²) in [5.74, 6) is 2.89. The number of nitrogens with zero attached hydrogens (tertiary/aromatic N) is 2. The number of pyridine rings is 1. The molecule has 0 saturated carbocycles.